The van der Waals surface area contributed by atoms with Gasteiger partial charge in [-0.15, -0.1) is 6.58 Å². The molecule has 0 radical (unpaired) electrons. The van der Waals surface area contributed by atoms with Crippen molar-refractivity contribution in [1.82, 2.24) is 0 Å². The molecule has 2 heterocycles. The molecule has 6 heteroatoms. The van der Waals surface area contributed by atoms with Gasteiger partial charge < -0.3 is 19.0 Å². The lowest BCUT2D eigenvalue weighted by Gasteiger charge is -2.47. The van der Waals surface area contributed by atoms with E-state index in [9.17, 15) is 9.90 Å². The smallest absolute Gasteiger partial charge is 0.305 e. The average Bonchev–Trinajstić information content (AvgIpc) is 2.69. The molecule has 1 N–H and O–H groups in total. The number of carboxylic acid groups (broad SMARTS) is 1. The van der Waals surface area contributed by atoms with E-state index in [1.165, 1.54) is 6.42 Å². The van der Waals surface area contributed by atoms with E-state index in [2.05, 4.69) is 48.1 Å². The second-order valence-electron chi connectivity index (χ2n) is 10.9. The Hall–Kier alpha value is -0.693. The maximum absolute atomic E-state index is 11.5. The Kier molecular flexibility index (Phi) is 10.9. The molecule has 5 atom stereocenters. The Balaban J connectivity index is 2.11. The standard InChI is InChI=1S/C26H48O5Si/c1-8-9-11-21-12-10-13-22(29-21)14-23-15-25(16-24(30-23)17-26(27)28)31-32(18(2)3,19(4)5)20(6)7/h8,18-25H,1,9-17H2,2-7H3,(H,27,28)/t21-,22-,23-,24-,25+/m0/s1. The normalized spacial score (nSPS) is 29.6. The minimum Gasteiger partial charge on any atom is -0.481 e. The van der Waals surface area contributed by atoms with Crippen LogP contribution in [0.1, 0.15) is 99.3 Å². The highest BCUT2D eigenvalue weighted by Gasteiger charge is 2.48. The monoisotopic (exact) mass is 468 g/mol. The molecule has 2 fully saturated rings. The number of allylic oxidation sites excluding steroid dienone is 1. The van der Waals surface area contributed by atoms with Gasteiger partial charge >= 0.3 is 5.97 Å². The van der Waals surface area contributed by atoms with E-state index < -0.39 is 14.3 Å². The van der Waals surface area contributed by atoms with E-state index in [-0.39, 0.29) is 30.8 Å². The zero-order valence-corrected chi connectivity index (χ0v) is 22.3. The zero-order chi connectivity index (χ0) is 23.9. The van der Waals surface area contributed by atoms with Crippen LogP contribution in [0.25, 0.3) is 0 Å². The van der Waals surface area contributed by atoms with Crippen LogP contribution in [-0.4, -0.2) is 49.9 Å². The molecule has 2 aliphatic rings. The van der Waals surface area contributed by atoms with Gasteiger partial charge in [-0.3, -0.25) is 4.79 Å². The van der Waals surface area contributed by atoms with Gasteiger partial charge in [0.05, 0.1) is 36.9 Å². The molecule has 0 saturated carbocycles. The topological polar surface area (TPSA) is 65.0 Å². The predicted octanol–water partition coefficient (Wildman–Crippen LogP) is 6.86. The van der Waals surface area contributed by atoms with Crippen LogP contribution in [0, 0.1) is 0 Å². The van der Waals surface area contributed by atoms with Gasteiger partial charge in [0.2, 0.25) is 8.32 Å². The first kappa shape index (κ1) is 27.6. The van der Waals surface area contributed by atoms with Crippen LogP contribution >= 0.6 is 0 Å². The Morgan fingerprint density at radius 1 is 1.00 bits per heavy atom. The molecule has 186 valence electrons. The summed E-state index contributed by atoms with van der Waals surface area (Å²) in [6.45, 7) is 17.6. The van der Waals surface area contributed by atoms with Crippen LogP contribution in [0.4, 0.5) is 0 Å². The van der Waals surface area contributed by atoms with Crippen LogP contribution in [0.5, 0.6) is 0 Å². The number of rotatable bonds is 12. The molecule has 2 saturated heterocycles. The molecule has 0 aromatic rings. The molecule has 2 aliphatic heterocycles. The van der Waals surface area contributed by atoms with E-state index in [1.54, 1.807) is 0 Å². The molecule has 0 spiro atoms. The maximum atomic E-state index is 11.5. The third-order valence-electron chi connectivity index (χ3n) is 7.57. The highest BCUT2D eigenvalue weighted by Crippen LogP contribution is 2.45. The van der Waals surface area contributed by atoms with Gasteiger partial charge in [-0.05, 0) is 68.0 Å². The van der Waals surface area contributed by atoms with Gasteiger partial charge in [-0.1, -0.05) is 47.6 Å². The van der Waals surface area contributed by atoms with Crippen molar-refractivity contribution >= 4 is 14.3 Å². The van der Waals surface area contributed by atoms with Crippen molar-refractivity contribution in [2.75, 3.05) is 0 Å². The fourth-order valence-electron chi connectivity index (χ4n) is 6.30. The summed E-state index contributed by atoms with van der Waals surface area (Å²) < 4.78 is 19.8. The van der Waals surface area contributed by atoms with E-state index in [0.29, 0.717) is 29.1 Å². The highest BCUT2D eigenvalue weighted by molar-refractivity contribution is 6.77. The lowest BCUT2D eigenvalue weighted by Crippen LogP contribution is -2.52. The van der Waals surface area contributed by atoms with E-state index >= 15 is 0 Å². The first-order valence-electron chi connectivity index (χ1n) is 12.9. The Bertz CT molecular complexity index is 569. The minimum absolute atomic E-state index is 0.000518. The summed E-state index contributed by atoms with van der Waals surface area (Å²) >= 11 is 0. The number of ether oxygens (including phenoxy) is 2. The SMILES string of the molecule is C=CCC[C@H]1CCC[C@@H](C[C@H]2C[C@@H](O[Si](C(C)C)(C(C)C)C(C)C)C[C@@H](CC(=O)O)O2)O1. The van der Waals surface area contributed by atoms with Gasteiger partial charge in [-0.2, -0.15) is 0 Å². The summed E-state index contributed by atoms with van der Waals surface area (Å²) in [6.07, 6.45) is 10.0. The largest absolute Gasteiger partial charge is 0.481 e. The predicted molar refractivity (Wildman–Crippen MR) is 133 cm³/mol. The first-order chi connectivity index (χ1) is 15.1. The second kappa shape index (κ2) is 12.7. The van der Waals surface area contributed by atoms with E-state index in [0.717, 1.165) is 38.5 Å². The summed E-state index contributed by atoms with van der Waals surface area (Å²) in [5.74, 6) is -0.798. The quantitative estimate of drug-likeness (QED) is 0.250. The van der Waals surface area contributed by atoms with Crippen LogP contribution < -0.4 is 0 Å². The molecule has 5 nitrogen and oxygen atoms in total. The van der Waals surface area contributed by atoms with Gasteiger partial charge in [-0.25, -0.2) is 0 Å². The summed E-state index contributed by atoms with van der Waals surface area (Å²) in [5, 5.41) is 9.43. The highest BCUT2D eigenvalue weighted by atomic mass is 28.4. The van der Waals surface area contributed by atoms with Crippen LogP contribution in [0.15, 0.2) is 12.7 Å². The summed E-state index contributed by atoms with van der Waals surface area (Å²) in [6, 6.07) is 0. The van der Waals surface area contributed by atoms with Crippen molar-refractivity contribution < 1.29 is 23.8 Å². The molecular formula is C26H48O5Si. The number of hydrogen-bond acceptors (Lipinski definition) is 4. The fraction of sp³-hybridized carbons (Fsp3) is 0.885. The Morgan fingerprint density at radius 2 is 1.56 bits per heavy atom. The van der Waals surface area contributed by atoms with E-state index in [1.807, 2.05) is 6.08 Å². The fourth-order valence-corrected chi connectivity index (χ4v) is 11.9. The third-order valence-corrected chi connectivity index (χ3v) is 13.7. The zero-order valence-electron chi connectivity index (χ0n) is 21.3. The summed E-state index contributed by atoms with van der Waals surface area (Å²) in [7, 11) is -2.04. The Labute approximate surface area is 197 Å². The van der Waals surface area contributed by atoms with Gasteiger partial charge in [0, 0.05) is 0 Å². The van der Waals surface area contributed by atoms with Crippen molar-refractivity contribution in [2.45, 2.75) is 146 Å². The van der Waals surface area contributed by atoms with Crippen LogP contribution in [0.3, 0.4) is 0 Å². The Morgan fingerprint density at radius 3 is 2.12 bits per heavy atom. The molecule has 32 heavy (non-hydrogen) atoms. The molecule has 0 amide bonds. The number of hydrogen-bond donors (Lipinski definition) is 1. The molecule has 0 aromatic heterocycles. The molecule has 0 bridgehead atoms. The molecule has 2 rings (SSSR count). The number of carbonyl (C=O) groups is 1. The van der Waals surface area contributed by atoms with E-state index in [4.69, 9.17) is 13.9 Å². The number of aliphatic carboxylic acids is 1. The third kappa shape index (κ3) is 7.41. The first-order valence-corrected chi connectivity index (χ1v) is 15.0. The van der Waals surface area contributed by atoms with Gasteiger partial charge in [0.15, 0.2) is 0 Å². The maximum Gasteiger partial charge on any atom is 0.305 e. The minimum atomic E-state index is -2.04. The average molecular weight is 469 g/mol. The van der Waals surface area contributed by atoms with Crippen molar-refractivity contribution in [2.24, 2.45) is 0 Å². The number of carboxylic acids is 1. The van der Waals surface area contributed by atoms with Crippen molar-refractivity contribution in [3.8, 4) is 0 Å². The summed E-state index contributed by atoms with van der Waals surface area (Å²) in [5.41, 5.74) is 1.53. The van der Waals surface area contributed by atoms with Crippen molar-refractivity contribution in [1.29, 1.82) is 0 Å². The molecule has 0 unspecified atom stereocenters. The second-order valence-corrected chi connectivity index (χ2v) is 16.3. The van der Waals surface area contributed by atoms with Gasteiger partial charge in [0.1, 0.15) is 0 Å². The van der Waals surface area contributed by atoms with Crippen molar-refractivity contribution in [3.05, 3.63) is 12.7 Å². The molecular weight excluding hydrogens is 420 g/mol. The lowest BCUT2D eigenvalue weighted by atomic mass is 9.92. The molecule has 0 aliphatic carbocycles. The lowest BCUT2D eigenvalue weighted by molar-refractivity contribution is -0.151. The summed E-state index contributed by atoms with van der Waals surface area (Å²) in [4.78, 5) is 11.5. The van der Waals surface area contributed by atoms with Gasteiger partial charge in [0.25, 0.3) is 0 Å². The van der Waals surface area contributed by atoms with Crippen LogP contribution in [0.2, 0.25) is 16.6 Å². The van der Waals surface area contributed by atoms with Crippen LogP contribution in [-0.2, 0) is 18.7 Å². The van der Waals surface area contributed by atoms with Crippen molar-refractivity contribution in [3.63, 3.8) is 0 Å². The molecule has 0 aromatic carbocycles.